The standard InChI is InChI=1S/C13H18ClN3O/c1-16-8-10(5-6-15)9-17(13(16)18)12-4-2-3-11(14)7-12/h2-4,7,10H,5-6,8-9,15H2,1H3. The molecule has 1 aromatic rings. The van der Waals surface area contributed by atoms with Crippen molar-refractivity contribution in [3.63, 3.8) is 0 Å². The number of carbonyl (C=O) groups excluding carboxylic acids is 1. The minimum Gasteiger partial charge on any atom is -0.330 e. The van der Waals surface area contributed by atoms with E-state index in [1.165, 1.54) is 0 Å². The lowest BCUT2D eigenvalue weighted by Gasteiger charge is -2.38. The second kappa shape index (κ2) is 5.59. The van der Waals surface area contributed by atoms with Crippen LogP contribution in [-0.2, 0) is 0 Å². The molecule has 0 aliphatic carbocycles. The van der Waals surface area contributed by atoms with E-state index in [4.69, 9.17) is 17.3 Å². The Balaban J connectivity index is 2.21. The predicted octanol–water partition coefficient (Wildman–Crippen LogP) is 2.18. The predicted molar refractivity (Wildman–Crippen MR) is 74.0 cm³/mol. The molecule has 1 aliphatic rings. The smallest absolute Gasteiger partial charge is 0.324 e. The van der Waals surface area contributed by atoms with E-state index in [1.54, 1.807) is 15.9 Å². The van der Waals surface area contributed by atoms with E-state index in [9.17, 15) is 4.79 Å². The van der Waals surface area contributed by atoms with E-state index >= 15 is 0 Å². The topological polar surface area (TPSA) is 49.6 Å². The molecule has 1 saturated heterocycles. The number of urea groups is 1. The van der Waals surface area contributed by atoms with Gasteiger partial charge in [-0.1, -0.05) is 17.7 Å². The van der Waals surface area contributed by atoms with Gasteiger partial charge in [0.25, 0.3) is 0 Å². The Labute approximate surface area is 112 Å². The van der Waals surface area contributed by atoms with Crippen molar-refractivity contribution in [2.24, 2.45) is 11.7 Å². The van der Waals surface area contributed by atoms with Gasteiger partial charge in [0.2, 0.25) is 0 Å². The van der Waals surface area contributed by atoms with E-state index < -0.39 is 0 Å². The van der Waals surface area contributed by atoms with Gasteiger partial charge in [0.15, 0.2) is 0 Å². The lowest BCUT2D eigenvalue weighted by Crippen LogP contribution is -2.52. The molecular weight excluding hydrogens is 250 g/mol. The maximum absolute atomic E-state index is 12.2. The van der Waals surface area contributed by atoms with Crippen LogP contribution in [0.2, 0.25) is 5.02 Å². The average molecular weight is 268 g/mol. The van der Waals surface area contributed by atoms with Gasteiger partial charge < -0.3 is 10.6 Å². The number of hydrogen-bond acceptors (Lipinski definition) is 2. The number of carbonyl (C=O) groups is 1. The van der Waals surface area contributed by atoms with Gasteiger partial charge in [0, 0.05) is 30.8 Å². The van der Waals surface area contributed by atoms with Crippen LogP contribution in [0.1, 0.15) is 6.42 Å². The number of benzene rings is 1. The first-order valence-corrected chi connectivity index (χ1v) is 6.48. The van der Waals surface area contributed by atoms with Crippen LogP contribution >= 0.6 is 11.6 Å². The summed E-state index contributed by atoms with van der Waals surface area (Å²) in [6.07, 6.45) is 0.925. The van der Waals surface area contributed by atoms with E-state index in [-0.39, 0.29) is 6.03 Å². The second-order valence-corrected chi connectivity index (χ2v) is 5.13. The molecule has 0 spiro atoms. The molecule has 4 nitrogen and oxygen atoms in total. The van der Waals surface area contributed by atoms with Gasteiger partial charge in [-0.2, -0.15) is 0 Å². The minimum absolute atomic E-state index is 0.0190. The van der Waals surface area contributed by atoms with Crippen LogP contribution < -0.4 is 10.6 Å². The van der Waals surface area contributed by atoms with Gasteiger partial charge in [0.1, 0.15) is 0 Å². The maximum Gasteiger partial charge on any atom is 0.324 e. The van der Waals surface area contributed by atoms with Gasteiger partial charge >= 0.3 is 6.03 Å². The fraction of sp³-hybridized carbons (Fsp3) is 0.462. The average Bonchev–Trinajstić information content (AvgIpc) is 2.34. The molecule has 1 fully saturated rings. The molecule has 0 aromatic heterocycles. The number of nitrogens with two attached hydrogens (primary N) is 1. The number of amides is 2. The van der Waals surface area contributed by atoms with Crippen LogP contribution in [0.25, 0.3) is 0 Å². The van der Waals surface area contributed by atoms with Gasteiger partial charge in [-0.3, -0.25) is 4.90 Å². The summed E-state index contributed by atoms with van der Waals surface area (Å²) in [4.78, 5) is 15.7. The highest BCUT2D eigenvalue weighted by atomic mass is 35.5. The van der Waals surface area contributed by atoms with Crippen LogP contribution in [-0.4, -0.2) is 37.6 Å². The Bertz CT molecular complexity index is 438. The molecule has 0 radical (unpaired) electrons. The van der Waals surface area contributed by atoms with Crippen molar-refractivity contribution in [1.29, 1.82) is 0 Å². The van der Waals surface area contributed by atoms with E-state index in [0.29, 0.717) is 24.0 Å². The Kier molecular flexibility index (Phi) is 4.09. The van der Waals surface area contributed by atoms with Gasteiger partial charge in [-0.15, -0.1) is 0 Å². The number of anilines is 1. The highest BCUT2D eigenvalue weighted by Crippen LogP contribution is 2.25. The van der Waals surface area contributed by atoms with Crippen LogP contribution in [0.5, 0.6) is 0 Å². The fourth-order valence-electron chi connectivity index (χ4n) is 2.34. The van der Waals surface area contributed by atoms with Crippen LogP contribution in [0.15, 0.2) is 24.3 Å². The van der Waals surface area contributed by atoms with Crippen LogP contribution in [0.3, 0.4) is 0 Å². The highest BCUT2D eigenvalue weighted by molar-refractivity contribution is 6.30. The molecular formula is C13H18ClN3O. The maximum atomic E-state index is 12.2. The minimum atomic E-state index is 0.0190. The summed E-state index contributed by atoms with van der Waals surface area (Å²) in [5.41, 5.74) is 6.45. The molecule has 0 saturated carbocycles. The number of hydrogen-bond donors (Lipinski definition) is 1. The quantitative estimate of drug-likeness (QED) is 0.913. The van der Waals surface area contributed by atoms with Gasteiger partial charge in [-0.25, -0.2) is 4.79 Å². The van der Waals surface area contributed by atoms with Crippen molar-refractivity contribution in [2.45, 2.75) is 6.42 Å². The Morgan fingerprint density at radius 2 is 2.22 bits per heavy atom. The molecule has 1 unspecified atom stereocenters. The van der Waals surface area contributed by atoms with Crippen molar-refractivity contribution in [3.05, 3.63) is 29.3 Å². The largest absolute Gasteiger partial charge is 0.330 e. The molecule has 2 rings (SSSR count). The van der Waals surface area contributed by atoms with Crippen molar-refractivity contribution >= 4 is 23.3 Å². The fourth-order valence-corrected chi connectivity index (χ4v) is 2.53. The molecule has 5 heteroatoms. The summed E-state index contributed by atoms with van der Waals surface area (Å²) in [5.74, 6) is 0.414. The number of nitrogens with zero attached hydrogens (tertiary/aromatic N) is 2. The summed E-state index contributed by atoms with van der Waals surface area (Å²) >= 11 is 5.97. The Morgan fingerprint density at radius 3 is 2.89 bits per heavy atom. The molecule has 2 N–H and O–H groups in total. The van der Waals surface area contributed by atoms with E-state index in [0.717, 1.165) is 18.7 Å². The molecule has 98 valence electrons. The van der Waals surface area contributed by atoms with Crippen molar-refractivity contribution < 1.29 is 4.79 Å². The number of rotatable bonds is 3. The van der Waals surface area contributed by atoms with Gasteiger partial charge in [-0.05, 0) is 37.1 Å². The van der Waals surface area contributed by atoms with Crippen molar-refractivity contribution in [1.82, 2.24) is 4.90 Å². The zero-order chi connectivity index (χ0) is 13.1. The van der Waals surface area contributed by atoms with Crippen molar-refractivity contribution in [2.75, 3.05) is 31.6 Å². The SMILES string of the molecule is CN1CC(CCN)CN(c2cccc(Cl)c2)C1=O. The Morgan fingerprint density at radius 1 is 1.44 bits per heavy atom. The summed E-state index contributed by atoms with van der Waals surface area (Å²) in [7, 11) is 1.82. The monoisotopic (exact) mass is 267 g/mol. The molecule has 1 aliphatic heterocycles. The summed E-state index contributed by atoms with van der Waals surface area (Å²) in [5, 5.41) is 0.643. The first-order valence-electron chi connectivity index (χ1n) is 6.10. The third-order valence-electron chi connectivity index (χ3n) is 3.23. The van der Waals surface area contributed by atoms with Gasteiger partial charge in [0.05, 0.1) is 0 Å². The molecule has 0 bridgehead atoms. The summed E-state index contributed by atoms with van der Waals surface area (Å²) in [6.45, 7) is 2.13. The van der Waals surface area contributed by atoms with E-state index in [1.807, 2.05) is 25.2 Å². The molecule has 1 heterocycles. The second-order valence-electron chi connectivity index (χ2n) is 4.70. The first kappa shape index (κ1) is 13.2. The summed E-state index contributed by atoms with van der Waals surface area (Å²) in [6, 6.07) is 7.41. The van der Waals surface area contributed by atoms with Crippen LogP contribution in [0.4, 0.5) is 10.5 Å². The lowest BCUT2D eigenvalue weighted by atomic mass is 10.0. The normalized spacial score (nSPS) is 20.4. The summed E-state index contributed by atoms with van der Waals surface area (Å²) < 4.78 is 0. The zero-order valence-electron chi connectivity index (χ0n) is 10.5. The lowest BCUT2D eigenvalue weighted by molar-refractivity contribution is 0.191. The highest BCUT2D eigenvalue weighted by Gasteiger charge is 2.30. The third-order valence-corrected chi connectivity index (χ3v) is 3.46. The number of halogens is 1. The Hall–Kier alpha value is -1.26. The van der Waals surface area contributed by atoms with E-state index in [2.05, 4.69) is 0 Å². The molecule has 1 aromatic carbocycles. The first-order chi connectivity index (χ1) is 8.61. The molecule has 1 atom stereocenters. The third kappa shape index (κ3) is 2.76. The zero-order valence-corrected chi connectivity index (χ0v) is 11.2. The molecule has 2 amide bonds. The van der Waals surface area contributed by atoms with Crippen molar-refractivity contribution in [3.8, 4) is 0 Å². The van der Waals surface area contributed by atoms with Crippen LogP contribution in [0, 0.1) is 5.92 Å². The molecule has 18 heavy (non-hydrogen) atoms.